The molecule has 11 heteroatoms. The summed E-state index contributed by atoms with van der Waals surface area (Å²) in [6.07, 6.45) is 2.07. The molecular formula is C33H30N6O5. The van der Waals surface area contributed by atoms with E-state index in [0.717, 1.165) is 33.6 Å². The topological polar surface area (TPSA) is 127 Å². The molecule has 1 aliphatic rings. The molecule has 1 aliphatic heterocycles. The molecule has 0 radical (unpaired) electrons. The first-order chi connectivity index (χ1) is 21.2. The van der Waals surface area contributed by atoms with Crippen molar-refractivity contribution < 1.29 is 14.6 Å². The van der Waals surface area contributed by atoms with Crippen molar-refractivity contribution in [3.8, 4) is 22.4 Å². The Hall–Kier alpha value is -5.42. The summed E-state index contributed by atoms with van der Waals surface area (Å²) in [5.41, 5.74) is 7.60. The molecule has 0 atom stereocenters. The number of nitrogens with zero attached hydrogens (tertiary/aromatic N) is 6. The first-order valence-corrected chi connectivity index (χ1v) is 14.3. The standard InChI is InChI=1S/C33H30N6O5/c1-22-9-10-23(2)29(17-22)26-11-12-31-34-32(24-5-3-7-27(18-24)38(41)42)30(37(31)20-26)21-35-13-15-36(16-14-35)33(40)25-6-4-8-28(19-25)39(43)44/h3-12,17-20H,13-16,21H2,1-2H3. The summed E-state index contributed by atoms with van der Waals surface area (Å²) in [6.45, 7) is 6.73. The Morgan fingerprint density at radius 1 is 0.818 bits per heavy atom. The van der Waals surface area contributed by atoms with E-state index in [0.29, 0.717) is 49.5 Å². The van der Waals surface area contributed by atoms with Crippen LogP contribution < -0.4 is 0 Å². The highest BCUT2D eigenvalue weighted by molar-refractivity contribution is 5.95. The number of fused-ring (bicyclic) bond motifs is 1. The second-order valence-electron chi connectivity index (χ2n) is 11.1. The minimum Gasteiger partial charge on any atom is -0.336 e. The van der Waals surface area contributed by atoms with Gasteiger partial charge >= 0.3 is 0 Å². The number of benzene rings is 3. The average molecular weight is 591 g/mol. The molecule has 1 fully saturated rings. The number of carbonyl (C=O) groups excluding carboxylic acids is 1. The van der Waals surface area contributed by atoms with E-state index in [1.54, 1.807) is 23.1 Å². The smallest absolute Gasteiger partial charge is 0.270 e. The number of nitro benzene ring substituents is 2. The maximum Gasteiger partial charge on any atom is 0.270 e. The van der Waals surface area contributed by atoms with Gasteiger partial charge in [-0.15, -0.1) is 0 Å². The highest BCUT2D eigenvalue weighted by atomic mass is 16.6. The Balaban J connectivity index is 1.32. The van der Waals surface area contributed by atoms with Crippen LogP contribution in [0.4, 0.5) is 11.4 Å². The summed E-state index contributed by atoms with van der Waals surface area (Å²) < 4.78 is 2.06. The molecule has 0 aliphatic carbocycles. The third kappa shape index (κ3) is 5.64. The van der Waals surface area contributed by atoms with Crippen LogP contribution in [0.3, 0.4) is 0 Å². The van der Waals surface area contributed by atoms with Crippen molar-refractivity contribution in [3.05, 3.63) is 128 Å². The lowest BCUT2D eigenvalue weighted by Gasteiger charge is -2.34. The van der Waals surface area contributed by atoms with E-state index >= 15 is 0 Å². The summed E-state index contributed by atoms with van der Waals surface area (Å²) in [5.74, 6) is -0.237. The van der Waals surface area contributed by atoms with Gasteiger partial charge in [-0.25, -0.2) is 4.98 Å². The lowest BCUT2D eigenvalue weighted by molar-refractivity contribution is -0.385. The van der Waals surface area contributed by atoms with Gasteiger partial charge in [0.2, 0.25) is 0 Å². The number of pyridine rings is 1. The molecule has 0 bridgehead atoms. The second kappa shape index (κ2) is 11.7. The highest BCUT2D eigenvalue weighted by Crippen LogP contribution is 2.31. The zero-order chi connectivity index (χ0) is 31.0. The molecule has 1 amide bonds. The van der Waals surface area contributed by atoms with Crippen molar-refractivity contribution in [2.45, 2.75) is 20.4 Å². The fourth-order valence-corrected chi connectivity index (χ4v) is 5.70. The molecule has 11 nitrogen and oxygen atoms in total. The number of carbonyl (C=O) groups is 1. The highest BCUT2D eigenvalue weighted by Gasteiger charge is 2.26. The Kier molecular flexibility index (Phi) is 7.62. The van der Waals surface area contributed by atoms with E-state index in [9.17, 15) is 25.0 Å². The normalized spacial score (nSPS) is 13.7. The van der Waals surface area contributed by atoms with Crippen LogP contribution >= 0.6 is 0 Å². The first kappa shape index (κ1) is 28.7. The van der Waals surface area contributed by atoms with Crippen molar-refractivity contribution in [2.75, 3.05) is 26.2 Å². The van der Waals surface area contributed by atoms with Crippen molar-refractivity contribution in [3.63, 3.8) is 0 Å². The quantitative estimate of drug-likeness (QED) is 0.167. The van der Waals surface area contributed by atoms with Crippen LogP contribution in [-0.4, -0.2) is 61.1 Å². The summed E-state index contributed by atoms with van der Waals surface area (Å²) in [4.78, 5) is 43.8. The zero-order valence-corrected chi connectivity index (χ0v) is 24.3. The van der Waals surface area contributed by atoms with Crippen LogP contribution in [0.5, 0.6) is 0 Å². The van der Waals surface area contributed by atoms with Crippen LogP contribution in [0.25, 0.3) is 28.0 Å². The zero-order valence-electron chi connectivity index (χ0n) is 24.3. The van der Waals surface area contributed by atoms with Gasteiger partial charge in [-0.2, -0.15) is 0 Å². The van der Waals surface area contributed by atoms with Gasteiger partial charge in [0.1, 0.15) is 5.65 Å². The van der Waals surface area contributed by atoms with E-state index in [2.05, 4.69) is 47.5 Å². The van der Waals surface area contributed by atoms with Gasteiger partial charge in [-0.05, 0) is 48.7 Å². The largest absolute Gasteiger partial charge is 0.336 e. The third-order valence-corrected chi connectivity index (χ3v) is 8.09. The number of aryl methyl sites for hydroxylation is 2. The number of nitro groups is 2. The molecule has 3 heterocycles. The number of hydrogen-bond acceptors (Lipinski definition) is 7. The van der Waals surface area contributed by atoms with E-state index in [4.69, 9.17) is 4.98 Å². The SMILES string of the molecule is Cc1ccc(C)c(-c2ccc3nc(-c4cccc([N+](=O)[O-])c4)c(CN4CCN(C(=O)c5cccc([N+](=O)[O-])c5)CC4)n3c2)c1. The first-order valence-electron chi connectivity index (χ1n) is 14.3. The van der Waals surface area contributed by atoms with Crippen LogP contribution in [0.2, 0.25) is 0 Å². The molecular weight excluding hydrogens is 560 g/mol. The summed E-state index contributed by atoms with van der Waals surface area (Å²) in [7, 11) is 0. The molecule has 3 aromatic carbocycles. The van der Waals surface area contributed by atoms with E-state index in [-0.39, 0.29) is 17.3 Å². The molecule has 6 rings (SSSR count). The van der Waals surface area contributed by atoms with Crippen molar-refractivity contribution in [1.82, 2.24) is 19.2 Å². The molecule has 2 aromatic heterocycles. The number of aromatic nitrogens is 2. The fourth-order valence-electron chi connectivity index (χ4n) is 5.70. The maximum absolute atomic E-state index is 13.1. The van der Waals surface area contributed by atoms with E-state index in [1.165, 1.54) is 24.3 Å². The van der Waals surface area contributed by atoms with Crippen LogP contribution in [-0.2, 0) is 6.54 Å². The number of amides is 1. The third-order valence-electron chi connectivity index (χ3n) is 8.09. The predicted octanol–water partition coefficient (Wildman–Crippen LogP) is 6.06. The van der Waals surface area contributed by atoms with Gasteiger partial charge in [0.05, 0.1) is 21.2 Å². The van der Waals surface area contributed by atoms with Gasteiger partial charge in [0, 0.05) is 74.3 Å². The number of piperazine rings is 1. The number of hydrogen-bond donors (Lipinski definition) is 0. The minimum absolute atomic E-state index is 0.00476. The molecule has 44 heavy (non-hydrogen) atoms. The molecule has 0 N–H and O–H groups in total. The summed E-state index contributed by atoms with van der Waals surface area (Å²) in [5, 5.41) is 22.8. The monoisotopic (exact) mass is 590 g/mol. The Labute approximate surface area is 253 Å². The number of non-ortho nitro benzene ring substituents is 2. The van der Waals surface area contributed by atoms with E-state index in [1.807, 2.05) is 18.2 Å². The number of rotatable bonds is 7. The summed E-state index contributed by atoms with van der Waals surface area (Å²) >= 11 is 0. The second-order valence-corrected chi connectivity index (χ2v) is 11.1. The molecule has 1 saturated heterocycles. The van der Waals surface area contributed by atoms with Crippen molar-refractivity contribution in [2.24, 2.45) is 0 Å². The lowest BCUT2D eigenvalue weighted by Crippen LogP contribution is -2.48. The summed E-state index contributed by atoms with van der Waals surface area (Å²) in [6, 6.07) is 22.7. The van der Waals surface area contributed by atoms with Gasteiger partial charge in [-0.1, -0.05) is 42.0 Å². The van der Waals surface area contributed by atoms with E-state index < -0.39 is 9.85 Å². The molecule has 0 saturated carbocycles. The lowest BCUT2D eigenvalue weighted by atomic mass is 10.00. The molecule has 5 aromatic rings. The van der Waals surface area contributed by atoms with Crippen LogP contribution in [0.1, 0.15) is 27.2 Å². The molecule has 0 spiro atoms. The minimum atomic E-state index is -0.505. The van der Waals surface area contributed by atoms with Crippen molar-refractivity contribution in [1.29, 1.82) is 0 Å². The predicted molar refractivity (Wildman–Crippen MR) is 166 cm³/mol. The van der Waals surface area contributed by atoms with Gasteiger partial charge in [-0.3, -0.25) is 29.9 Å². The van der Waals surface area contributed by atoms with Gasteiger partial charge < -0.3 is 9.30 Å². The Morgan fingerprint density at radius 3 is 2.25 bits per heavy atom. The van der Waals surface area contributed by atoms with Crippen LogP contribution in [0.15, 0.2) is 85.1 Å². The average Bonchev–Trinajstić information content (AvgIpc) is 3.39. The maximum atomic E-state index is 13.1. The Bertz CT molecular complexity index is 1930. The molecule has 222 valence electrons. The molecule has 0 unspecified atom stereocenters. The number of imidazole rings is 1. The Morgan fingerprint density at radius 2 is 1.52 bits per heavy atom. The van der Waals surface area contributed by atoms with Crippen LogP contribution in [0, 0.1) is 34.1 Å². The van der Waals surface area contributed by atoms with Crippen molar-refractivity contribution >= 4 is 22.9 Å². The van der Waals surface area contributed by atoms with Gasteiger partial charge in [0.15, 0.2) is 0 Å². The van der Waals surface area contributed by atoms with Gasteiger partial charge in [0.25, 0.3) is 17.3 Å². The fraction of sp³-hybridized carbons (Fsp3) is 0.212.